The van der Waals surface area contributed by atoms with Crippen molar-refractivity contribution < 1.29 is 37.7 Å². The number of rotatable bonds is 13. The third kappa shape index (κ3) is 8.33. The molecule has 2 aromatic carbocycles. The zero-order valence-electron chi connectivity index (χ0n) is 27.4. The van der Waals surface area contributed by atoms with Gasteiger partial charge in [-0.1, -0.05) is 41.4 Å². The molecule has 10 nitrogen and oxygen atoms in total. The molecular formula is C36H36Cl2FN3O7S. The standard InChI is InChI=1S/C36H36Cl2FN3O7S/c1-46-29-8-6-22(15-31(29)47-2)30(16-26-27(37)18-42(45)19-28(26)38)48-35(43)33-9-7-25(50-33)17-40-34(23-4-3-5-24(39)14-23)36(44)49-32-20-41-12-10-21(32)11-13-41/h3-9,14-15,18-19,21,30,32,34,40H,10-13,16-17,20H2,1-2H3/t30?,32-,34-/m0/s1. The van der Waals surface area contributed by atoms with E-state index in [1.807, 2.05) is 0 Å². The summed E-state index contributed by atoms with van der Waals surface area (Å²) in [5.74, 6) is -0.291. The Morgan fingerprint density at radius 1 is 1.02 bits per heavy atom. The number of benzene rings is 2. The molecule has 2 aromatic heterocycles. The molecule has 0 aliphatic carbocycles. The first-order valence-electron chi connectivity index (χ1n) is 16.1. The molecular weight excluding hydrogens is 708 g/mol. The van der Waals surface area contributed by atoms with Gasteiger partial charge < -0.3 is 24.2 Å². The predicted octanol–water partition coefficient (Wildman–Crippen LogP) is 6.45. The minimum Gasteiger partial charge on any atom is -0.619 e. The number of aromatic nitrogens is 1. The number of esters is 2. The third-order valence-corrected chi connectivity index (χ3v) is 10.8. The molecule has 3 aliphatic heterocycles. The van der Waals surface area contributed by atoms with Crippen LogP contribution in [0.4, 0.5) is 4.39 Å². The van der Waals surface area contributed by atoms with Crippen molar-refractivity contribution in [2.24, 2.45) is 5.92 Å². The van der Waals surface area contributed by atoms with Crippen LogP contribution in [0.1, 0.15) is 56.2 Å². The highest BCUT2D eigenvalue weighted by Gasteiger charge is 2.38. The second-order valence-corrected chi connectivity index (χ2v) is 14.2. The second-order valence-electron chi connectivity index (χ2n) is 12.3. The third-order valence-electron chi connectivity index (χ3n) is 9.10. The molecule has 3 aliphatic rings. The number of halogens is 3. The van der Waals surface area contributed by atoms with Crippen LogP contribution >= 0.6 is 34.5 Å². The lowest BCUT2D eigenvalue weighted by Gasteiger charge is -2.44. The number of fused-ring (bicyclic) bond motifs is 3. The van der Waals surface area contributed by atoms with Gasteiger partial charge in [0.2, 0.25) is 0 Å². The summed E-state index contributed by atoms with van der Waals surface area (Å²) >= 11 is 14.0. The number of pyridine rings is 1. The van der Waals surface area contributed by atoms with E-state index in [9.17, 15) is 19.2 Å². The van der Waals surface area contributed by atoms with Crippen LogP contribution in [-0.2, 0) is 27.2 Å². The van der Waals surface area contributed by atoms with Crippen LogP contribution in [0.15, 0.2) is 67.0 Å². The van der Waals surface area contributed by atoms with Gasteiger partial charge in [-0.15, -0.1) is 11.3 Å². The minimum atomic E-state index is -0.916. The number of piperidine rings is 3. The van der Waals surface area contributed by atoms with Crippen molar-refractivity contribution in [3.05, 3.63) is 115 Å². The SMILES string of the molecule is COc1ccc(C(Cc2c(Cl)c[n+]([O-])cc2Cl)OC(=O)c2ccc(CN[C@H](C(=O)O[C@H]3CN4CCC3CC4)c3cccc(F)c3)s2)cc1OC. The van der Waals surface area contributed by atoms with E-state index in [1.54, 1.807) is 42.5 Å². The Kier molecular flexibility index (Phi) is 11.4. The zero-order chi connectivity index (χ0) is 35.4. The van der Waals surface area contributed by atoms with Crippen molar-refractivity contribution in [2.75, 3.05) is 33.9 Å². The molecule has 0 radical (unpaired) electrons. The van der Waals surface area contributed by atoms with Gasteiger partial charge in [-0.3, -0.25) is 10.2 Å². The fraction of sp³-hybridized carbons (Fsp3) is 0.361. The number of carbonyl (C=O) groups excluding carboxylic acids is 2. The summed E-state index contributed by atoms with van der Waals surface area (Å²) in [7, 11) is 3.01. The van der Waals surface area contributed by atoms with E-state index in [2.05, 4.69) is 10.2 Å². The molecule has 264 valence electrons. The van der Waals surface area contributed by atoms with E-state index in [-0.39, 0.29) is 29.1 Å². The lowest BCUT2D eigenvalue weighted by Crippen LogP contribution is -2.52. The molecule has 50 heavy (non-hydrogen) atoms. The maximum atomic E-state index is 14.3. The van der Waals surface area contributed by atoms with Crippen molar-refractivity contribution in [2.45, 2.75) is 44.1 Å². The molecule has 7 rings (SSSR count). The van der Waals surface area contributed by atoms with Crippen molar-refractivity contribution in [1.82, 2.24) is 10.2 Å². The van der Waals surface area contributed by atoms with Gasteiger partial charge in [0.05, 0.1) is 14.2 Å². The van der Waals surface area contributed by atoms with Gasteiger partial charge in [-0.2, -0.15) is 4.73 Å². The molecule has 0 amide bonds. The Labute approximate surface area is 303 Å². The molecule has 1 N–H and O–H groups in total. The molecule has 3 atom stereocenters. The number of methoxy groups -OCH3 is 2. The van der Waals surface area contributed by atoms with Crippen molar-refractivity contribution in [3.8, 4) is 11.5 Å². The van der Waals surface area contributed by atoms with E-state index >= 15 is 0 Å². The van der Waals surface area contributed by atoms with Crippen LogP contribution < -0.4 is 19.5 Å². The summed E-state index contributed by atoms with van der Waals surface area (Å²) in [4.78, 5) is 30.5. The van der Waals surface area contributed by atoms with Gasteiger partial charge in [0.15, 0.2) is 23.9 Å². The molecule has 1 unspecified atom stereocenters. The van der Waals surface area contributed by atoms with Crippen LogP contribution in [0.25, 0.3) is 0 Å². The van der Waals surface area contributed by atoms with E-state index in [1.165, 1.54) is 50.1 Å². The highest BCUT2D eigenvalue weighted by atomic mass is 35.5. The summed E-state index contributed by atoms with van der Waals surface area (Å²) in [6.45, 7) is 2.93. The number of nitrogens with one attached hydrogen (secondary N) is 1. The fourth-order valence-electron chi connectivity index (χ4n) is 6.45. The monoisotopic (exact) mass is 743 g/mol. The Bertz CT molecular complexity index is 1830. The van der Waals surface area contributed by atoms with Crippen molar-refractivity contribution in [3.63, 3.8) is 0 Å². The molecule has 0 spiro atoms. The van der Waals surface area contributed by atoms with Crippen LogP contribution in [0, 0.1) is 16.9 Å². The summed E-state index contributed by atoms with van der Waals surface area (Å²) in [5.41, 5.74) is 1.46. The smallest absolute Gasteiger partial charge is 0.348 e. The van der Waals surface area contributed by atoms with Crippen LogP contribution in [0.3, 0.4) is 0 Å². The quantitative estimate of drug-likeness (QED) is 0.0938. The van der Waals surface area contributed by atoms with Crippen LogP contribution in [0.2, 0.25) is 10.0 Å². The molecule has 3 fully saturated rings. The average Bonchev–Trinajstić information content (AvgIpc) is 3.59. The molecule has 2 bridgehead atoms. The van der Waals surface area contributed by atoms with Crippen molar-refractivity contribution in [1.29, 1.82) is 0 Å². The Morgan fingerprint density at radius 3 is 2.42 bits per heavy atom. The lowest BCUT2D eigenvalue weighted by molar-refractivity contribution is -0.605. The molecule has 5 heterocycles. The Morgan fingerprint density at radius 2 is 1.76 bits per heavy atom. The lowest BCUT2D eigenvalue weighted by atomic mass is 9.86. The molecule has 4 aromatic rings. The van der Waals surface area contributed by atoms with Gasteiger partial charge in [0.25, 0.3) is 0 Å². The van der Waals surface area contributed by atoms with Crippen molar-refractivity contribution >= 4 is 46.5 Å². The van der Waals surface area contributed by atoms with E-state index in [4.69, 9.17) is 42.1 Å². The second kappa shape index (κ2) is 15.9. The molecule has 14 heteroatoms. The Balaban J connectivity index is 1.18. The highest BCUT2D eigenvalue weighted by molar-refractivity contribution is 7.13. The van der Waals surface area contributed by atoms with Gasteiger partial charge in [0, 0.05) is 30.0 Å². The summed E-state index contributed by atoms with van der Waals surface area (Å²) in [6.07, 6.45) is 3.33. The number of carbonyl (C=O) groups is 2. The number of hydrogen-bond donors (Lipinski definition) is 1. The minimum absolute atomic E-state index is 0.0660. The number of hydrogen-bond acceptors (Lipinski definition) is 10. The maximum Gasteiger partial charge on any atom is 0.348 e. The summed E-state index contributed by atoms with van der Waals surface area (Å²) in [6, 6.07) is 13.5. The first-order valence-corrected chi connectivity index (χ1v) is 17.7. The van der Waals surface area contributed by atoms with Crippen LogP contribution in [-0.4, -0.2) is 56.8 Å². The first-order chi connectivity index (χ1) is 24.1. The largest absolute Gasteiger partial charge is 0.619 e. The zero-order valence-corrected chi connectivity index (χ0v) is 29.7. The number of thiophene rings is 1. The normalized spacial score (nSPS) is 19.4. The van der Waals surface area contributed by atoms with Gasteiger partial charge >= 0.3 is 11.9 Å². The summed E-state index contributed by atoms with van der Waals surface area (Å²) < 4.78 is 37.6. The number of ether oxygens (including phenoxy) is 4. The number of nitrogens with zero attached hydrogens (tertiary/aromatic N) is 2. The van der Waals surface area contributed by atoms with E-state index < -0.39 is 29.9 Å². The van der Waals surface area contributed by atoms with E-state index in [0.717, 1.165) is 30.8 Å². The highest BCUT2D eigenvalue weighted by Crippen LogP contribution is 2.36. The van der Waals surface area contributed by atoms with Gasteiger partial charge in [-0.05, 0) is 79.4 Å². The average molecular weight is 745 g/mol. The predicted molar refractivity (Wildman–Crippen MR) is 186 cm³/mol. The fourth-order valence-corrected chi connectivity index (χ4v) is 7.89. The topological polar surface area (TPSA) is 113 Å². The molecule has 3 saturated heterocycles. The first kappa shape index (κ1) is 35.9. The van der Waals surface area contributed by atoms with Gasteiger partial charge in [0.1, 0.15) is 39.0 Å². The van der Waals surface area contributed by atoms with E-state index in [0.29, 0.717) is 50.3 Å². The maximum absolute atomic E-state index is 14.3. The van der Waals surface area contributed by atoms with Gasteiger partial charge in [-0.25, -0.2) is 14.0 Å². The molecule has 0 saturated carbocycles. The Hall–Kier alpha value is -3.94. The summed E-state index contributed by atoms with van der Waals surface area (Å²) in [5, 5.41) is 15.3. The van der Waals surface area contributed by atoms with Crippen LogP contribution in [0.5, 0.6) is 11.5 Å².